The number of amides is 1. The predicted octanol–water partition coefficient (Wildman–Crippen LogP) is -1.23. The van der Waals surface area contributed by atoms with E-state index in [4.69, 9.17) is 5.73 Å². The summed E-state index contributed by atoms with van der Waals surface area (Å²) >= 11 is 0. The molecule has 1 heterocycles. The first-order valence-electron chi connectivity index (χ1n) is 2.47. The summed E-state index contributed by atoms with van der Waals surface area (Å²) in [7, 11) is 0. The molecule has 0 saturated carbocycles. The van der Waals surface area contributed by atoms with Gasteiger partial charge in [0.05, 0.1) is 6.61 Å². The quantitative estimate of drug-likeness (QED) is 0.450. The van der Waals surface area contributed by atoms with Crippen LogP contribution in [-0.4, -0.2) is 18.6 Å². The van der Waals surface area contributed by atoms with E-state index in [1.165, 1.54) is 0 Å². The van der Waals surface area contributed by atoms with E-state index in [1.54, 1.807) is 0 Å². The summed E-state index contributed by atoms with van der Waals surface area (Å²) in [6.45, 7) is 0.577. The highest BCUT2D eigenvalue weighted by Gasteiger charge is 2.19. The Hall–Kier alpha value is -0.610. The van der Waals surface area contributed by atoms with Gasteiger partial charge in [0.2, 0.25) is 5.91 Å². The molecule has 3 N–H and O–H groups in total. The fourth-order valence-electron chi connectivity index (χ4n) is 0.596. The van der Waals surface area contributed by atoms with Crippen molar-refractivity contribution >= 4 is 5.91 Å². The van der Waals surface area contributed by atoms with Crippen LogP contribution in [0.5, 0.6) is 0 Å². The van der Waals surface area contributed by atoms with E-state index in [-0.39, 0.29) is 11.9 Å². The zero-order valence-corrected chi connectivity index (χ0v) is 4.39. The molecule has 4 nitrogen and oxygen atoms in total. The maximum absolute atomic E-state index is 10.3. The maximum atomic E-state index is 10.3. The van der Waals surface area contributed by atoms with Crippen LogP contribution in [0.2, 0.25) is 0 Å². The van der Waals surface area contributed by atoms with Crippen molar-refractivity contribution < 1.29 is 9.63 Å². The Kier molecular flexibility index (Phi) is 1.45. The summed E-state index contributed by atoms with van der Waals surface area (Å²) in [6, 6.07) is -0.269. The highest BCUT2D eigenvalue weighted by molar-refractivity contribution is 5.79. The molecule has 4 heteroatoms. The van der Waals surface area contributed by atoms with Crippen LogP contribution in [-0.2, 0) is 9.63 Å². The first-order chi connectivity index (χ1) is 3.80. The monoisotopic (exact) mass is 116 g/mol. The second kappa shape index (κ2) is 2.11. The van der Waals surface area contributed by atoms with Gasteiger partial charge in [-0.25, -0.2) is 0 Å². The van der Waals surface area contributed by atoms with Gasteiger partial charge in [-0.1, -0.05) is 0 Å². The zero-order valence-electron chi connectivity index (χ0n) is 4.39. The van der Waals surface area contributed by atoms with Crippen molar-refractivity contribution in [3.8, 4) is 0 Å². The van der Waals surface area contributed by atoms with Crippen LogP contribution in [0, 0.1) is 0 Å². The summed E-state index contributed by atoms with van der Waals surface area (Å²) in [6.07, 6.45) is 0.690. The van der Waals surface area contributed by atoms with Crippen LogP contribution in [0.15, 0.2) is 0 Å². The lowest BCUT2D eigenvalue weighted by atomic mass is 10.2. The number of primary amides is 1. The number of hydroxylamine groups is 1. The SMILES string of the molecule is NC(=O)C1CCON1. The second-order valence-electron chi connectivity index (χ2n) is 1.71. The minimum atomic E-state index is -0.345. The molecular weight excluding hydrogens is 108 g/mol. The van der Waals surface area contributed by atoms with Gasteiger partial charge in [0.1, 0.15) is 6.04 Å². The molecule has 0 spiro atoms. The molecule has 0 aromatic carbocycles. The summed E-state index contributed by atoms with van der Waals surface area (Å²) < 4.78 is 0. The molecule has 1 saturated heterocycles. The minimum absolute atomic E-state index is 0.269. The Morgan fingerprint density at radius 1 is 1.88 bits per heavy atom. The predicted molar refractivity (Wildman–Crippen MR) is 26.7 cm³/mol. The number of carbonyl (C=O) groups is 1. The Morgan fingerprint density at radius 2 is 2.62 bits per heavy atom. The first kappa shape index (κ1) is 5.53. The molecule has 1 aliphatic rings. The molecule has 1 rings (SSSR count). The average Bonchev–Trinajstić information content (AvgIpc) is 2.12. The molecule has 0 aromatic rings. The van der Waals surface area contributed by atoms with E-state index in [2.05, 4.69) is 10.3 Å². The lowest BCUT2D eigenvalue weighted by Crippen LogP contribution is -2.35. The van der Waals surface area contributed by atoms with E-state index >= 15 is 0 Å². The van der Waals surface area contributed by atoms with E-state index in [9.17, 15) is 4.79 Å². The lowest BCUT2D eigenvalue weighted by molar-refractivity contribution is -0.121. The van der Waals surface area contributed by atoms with Gasteiger partial charge in [-0.3, -0.25) is 4.79 Å². The molecule has 0 radical (unpaired) electrons. The van der Waals surface area contributed by atoms with Crippen LogP contribution < -0.4 is 11.2 Å². The fourth-order valence-corrected chi connectivity index (χ4v) is 0.596. The van der Waals surface area contributed by atoms with Gasteiger partial charge in [0, 0.05) is 0 Å². The van der Waals surface area contributed by atoms with Crippen LogP contribution in [0.25, 0.3) is 0 Å². The molecule has 0 aliphatic carbocycles. The van der Waals surface area contributed by atoms with Crippen LogP contribution >= 0.6 is 0 Å². The summed E-state index contributed by atoms with van der Waals surface area (Å²) in [5.74, 6) is -0.345. The fraction of sp³-hybridized carbons (Fsp3) is 0.750. The Morgan fingerprint density at radius 3 is 2.88 bits per heavy atom. The van der Waals surface area contributed by atoms with Gasteiger partial charge >= 0.3 is 0 Å². The van der Waals surface area contributed by atoms with Gasteiger partial charge in [-0.05, 0) is 6.42 Å². The number of carbonyl (C=O) groups excluding carboxylic acids is 1. The van der Waals surface area contributed by atoms with Gasteiger partial charge in [0.15, 0.2) is 0 Å². The third kappa shape index (κ3) is 0.962. The third-order valence-electron chi connectivity index (χ3n) is 1.08. The van der Waals surface area contributed by atoms with Crippen LogP contribution in [0.1, 0.15) is 6.42 Å². The molecule has 0 bridgehead atoms. The van der Waals surface area contributed by atoms with E-state index in [0.717, 1.165) is 0 Å². The molecule has 1 fully saturated rings. The van der Waals surface area contributed by atoms with Gasteiger partial charge in [-0.15, -0.1) is 0 Å². The van der Waals surface area contributed by atoms with Crippen molar-refractivity contribution in [1.29, 1.82) is 0 Å². The van der Waals surface area contributed by atoms with Crippen molar-refractivity contribution in [2.75, 3.05) is 6.61 Å². The van der Waals surface area contributed by atoms with Gasteiger partial charge in [-0.2, -0.15) is 5.48 Å². The second-order valence-corrected chi connectivity index (χ2v) is 1.71. The standard InChI is InChI=1S/C4H8N2O2/c5-4(7)3-1-2-8-6-3/h3,6H,1-2H2,(H2,5,7). The normalized spacial score (nSPS) is 28.2. The topological polar surface area (TPSA) is 64.4 Å². The molecule has 46 valence electrons. The smallest absolute Gasteiger partial charge is 0.236 e. The van der Waals surface area contributed by atoms with Crippen molar-refractivity contribution in [2.45, 2.75) is 12.5 Å². The van der Waals surface area contributed by atoms with Crippen molar-refractivity contribution in [3.63, 3.8) is 0 Å². The average molecular weight is 116 g/mol. The van der Waals surface area contributed by atoms with E-state index in [1.807, 2.05) is 0 Å². The number of nitrogens with one attached hydrogen (secondary N) is 1. The summed E-state index contributed by atoms with van der Waals surface area (Å²) in [5, 5.41) is 0. The lowest BCUT2D eigenvalue weighted by Gasteiger charge is -1.98. The zero-order chi connectivity index (χ0) is 5.98. The highest BCUT2D eigenvalue weighted by Crippen LogP contribution is 1.98. The van der Waals surface area contributed by atoms with Crippen LogP contribution in [0.4, 0.5) is 0 Å². The highest BCUT2D eigenvalue weighted by atomic mass is 16.7. The van der Waals surface area contributed by atoms with Crippen molar-refractivity contribution in [1.82, 2.24) is 5.48 Å². The summed E-state index contributed by atoms with van der Waals surface area (Å²) in [5.41, 5.74) is 7.40. The largest absolute Gasteiger partial charge is 0.368 e. The van der Waals surface area contributed by atoms with E-state index < -0.39 is 0 Å². The number of hydrogen-bond acceptors (Lipinski definition) is 3. The summed E-state index contributed by atoms with van der Waals surface area (Å²) in [4.78, 5) is 14.9. The first-order valence-corrected chi connectivity index (χ1v) is 2.47. The molecule has 8 heavy (non-hydrogen) atoms. The molecule has 1 unspecified atom stereocenters. The molecular formula is C4H8N2O2. The minimum Gasteiger partial charge on any atom is -0.368 e. The van der Waals surface area contributed by atoms with Crippen molar-refractivity contribution in [2.24, 2.45) is 5.73 Å². The third-order valence-corrected chi connectivity index (χ3v) is 1.08. The van der Waals surface area contributed by atoms with Gasteiger partial charge < -0.3 is 10.6 Å². The van der Waals surface area contributed by atoms with Crippen molar-refractivity contribution in [3.05, 3.63) is 0 Å². The number of hydrogen-bond donors (Lipinski definition) is 2. The maximum Gasteiger partial charge on any atom is 0.236 e. The molecule has 1 amide bonds. The Bertz CT molecular complexity index is 98.2. The molecule has 0 aromatic heterocycles. The number of nitrogens with two attached hydrogens (primary N) is 1. The molecule has 1 aliphatic heterocycles. The van der Waals surface area contributed by atoms with E-state index in [0.29, 0.717) is 13.0 Å². The molecule has 1 atom stereocenters. The number of rotatable bonds is 1. The van der Waals surface area contributed by atoms with Crippen LogP contribution in [0.3, 0.4) is 0 Å². The Balaban J connectivity index is 2.35. The Labute approximate surface area is 46.9 Å². The van der Waals surface area contributed by atoms with Gasteiger partial charge in [0.25, 0.3) is 0 Å².